The molecule has 4 bridgehead atoms. The first-order chi connectivity index (χ1) is 13.5. The third-order valence-electron chi connectivity index (χ3n) is 7.83. The van der Waals surface area contributed by atoms with E-state index in [1.54, 1.807) is 0 Å². The monoisotopic (exact) mass is 387 g/mol. The lowest BCUT2D eigenvalue weighted by atomic mass is 9.46. The van der Waals surface area contributed by atoms with Crippen LogP contribution >= 0.6 is 0 Å². The van der Waals surface area contributed by atoms with Gasteiger partial charge in [0.1, 0.15) is 12.2 Å². The molecule has 7 heteroatoms. The molecule has 3 unspecified atom stereocenters. The number of rotatable bonds is 5. The minimum absolute atomic E-state index is 0.00148. The zero-order valence-corrected chi connectivity index (χ0v) is 17.2. The van der Waals surface area contributed by atoms with Crippen LogP contribution < -0.4 is 5.32 Å². The summed E-state index contributed by atoms with van der Waals surface area (Å²) in [4.78, 5) is 20.3. The molecule has 4 saturated carbocycles. The number of morpholine rings is 1. The highest BCUT2D eigenvalue weighted by molar-refractivity contribution is 5.83. The molecule has 1 aromatic heterocycles. The summed E-state index contributed by atoms with van der Waals surface area (Å²) in [5, 5.41) is 8.03. The van der Waals surface area contributed by atoms with E-state index in [0.717, 1.165) is 70.8 Å². The molecule has 2 heterocycles. The van der Waals surface area contributed by atoms with Gasteiger partial charge in [-0.15, -0.1) is 0 Å². The van der Waals surface area contributed by atoms with E-state index in [9.17, 15) is 4.79 Å². The molecule has 1 saturated heterocycles. The maximum Gasteiger partial charge on any atom is 0.226 e. The van der Waals surface area contributed by atoms with E-state index in [2.05, 4.69) is 31.9 Å². The molecular formula is C21H33N5O2. The first kappa shape index (κ1) is 18.6. The van der Waals surface area contributed by atoms with Crippen molar-refractivity contribution in [3.05, 3.63) is 12.2 Å². The zero-order chi connectivity index (χ0) is 19.4. The normalized spacial score (nSPS) is 38.5. The number of carbonyl (C=O) groups excluding carboxylic acids is 1. The van der Waals surface area contributed by atoms with Crippen LogP contribution in [0.15, 0.2) is 6.33 Å². The number of amides is 1. The zero-order valence-electron chi connectivity index (χ0n) is 17.2. The molecule has 0 spiro atoms. The summed E-state index contributed by atoms with van der Waals surface area (Å²) in [5.41, 5.74) is -0.215. The fourth-order valence-corrected chi connectivity index (χ4v) is 6.90. The van der Waals surface area contributed by atoms with Crippen molar-refractivity contribution in [2.75, 3.05) is 32.8 Å². The lowest BCUT2D eigenvalue weighted by Gasteiger charge is -2.61. The second kappa shape index (κ2) is 6.80. The molecule has 1 amide bonds. The Bertz CT molecular complexity index is 727. The van der Waals surface area contributed by atoms with Gasteiger partial charge in [-0.1, -0.05) is 0 Å². The molecule has 1 N–H and O–H groups in total. The Labute approximate surface area is 167 Å². The Hall–Kier alpha value is -1.47. The molecule has 3 atom stereocenters. The maximum absolute atomic E-state index is 13.5. The molecule has 5 aliphatic rings. The number of hydrogen-bond donors (Lipinski definition) is 1. The number of nitrogens with zero attached hydrogens (tertiary/aromatic N) is 4. The molecule has 5 fully saturated rings. The van der Waals surface area contributed by atoms with E-state index in [-0.39, 0.29) is 16.9 Å². The average Bonchev–Trinajstić information content (AvgIpc) is 3.13. The summed E-state index contributed by atoms with van der Waals surface area (Å²) in [6.45, 7) is 8.40. The molecule has 154 valence electrons. The second-order valence-corrected chi connectivity index (χ2v) is 9.91. The van der Waals surface area contributed by atoms with Crippen LogP contribution in [0.3, 0.4) is 0 Å². The lowest BCUT2D eigenvalue weighted by molar-refractivity contribution is -0.156. The third-order valence-corrected chi connectivity index (χ3v) is 7.83. The van der Waals surface area contributed by atoms with Gasteiger partial charge in [0.15, 0.2) is 0 Å². The Kier molecular flexibility index (Phi) is 4.51. The molecule has 1 aromatic rings. The Morgan fingerprint density at radius 2 is 2.00 bits per heavy atom. The fraction of sp³-hybridized carbons (Fsp3) is 0.857. The third kappa shape index (κ3) is 3.07. The molecule has 0 radical (unpaired) electrons. The van der Waals surface area contributed by atoms with Gasteiger partial charge in [-0.05, 0) is 64.2 Å². The number of ether oxygens (including phenoxy) is 1. The average molecular weight is 388 g/mol. The van der Waals surface area contributed by atoms with E-state index in [1.165, 1.54) is 6.42 Å². The van der Waals surface area contributed by atoms with Crippen LogP contribution in [0.5, 0.6) is 0 Å². The minimum atomic E-state index is -0.214. The van der Waals surface area contributed by atoms with Crippen molar-refractivity contribution >= 4 is 5.91 Å². The van der Waals surface area contributed by atoms with Crippen LogP contribution in [0, 0.1) is 24.2 Å². The van der Waals surface area contributed by atoms with Crippen molar-refractivity contribution in [2.45, 2.75) is 64.0 Å². The van der Waals surface area contributed by atoms with Crippen molar-refractivity contribution in [1.82, 2.24) is 25.0 Å². The van der Waals surface area contributed by atoms with E-state index in [4.69, 9.17) is 4.74 Å². The van der Waals surface area contributed by atoms with Gasteiger partial charge in [-0.2, -0.15) is 5.10 Å². The van der Waals surface area contributed by atoms with E-state index < -0.39 is 0 Å². The van der Waals surface area contributed by atoms with Crippen molar-refractivity contribution in [2.24, 2.45) is 17.3 Å². The Balaban J connectivity index is 1.31. The number of nitrogens with one attached hydrogen (secondary N) is 1. The molecule has 7 nitrogen and oxygen atoms in total. The second-order valence-electron chi connectivity index (χ2n) is 9.91. The SMILES string of the molecule is Cc1ncn(C23CC4CC(CC(C(=O)NCC(C)N5CCOCC5)(C4)C2)C3)n1. The lowest BCUT2D eigenvalue weighted by Crippen LogP contribution is -2.61. The smallest absolute Gasteiger partial charge is 0.226 e. The molecule has 4 aliphatic carbocycles. The van der Waals surface area contributed by atoms with Crippen LogP contribution in [0.2, 0.25) is 0 Å². The molecule has 0 aromatic carbocycles. The molecule has 6 rings (SSSR count). The minimum Gasteiger partial charge on any atom is -0.379 e. The van der Waals surface area contributed by atoms with Crippen molar-refractivity contribution in [3.8, 4) is 0 Å². The summed E-state index contributed by atoms with van der Waals surface area (Å²) in [5.74, 6) is 2.40. The quantitative estimate of drug-likeness (QED) is 0.833. The van der Waals surface area contributed by atoms with Crippen LogP contribution in [-0.4, -0.2) is 64.5 Å². The van der Waals surface area contributed by atoms with Gasteiger partial charge in [0, 0.05) is 25.7 Å². The summed E-state index contributed by atoms with van der Waals surface area (Å²) in [6, 6.07) is 0.355. The van der Waals surface area contributed by atoms with Crippen molar-refractivity contribution < 1.29 is 9.53 Å². The number of aryl methyl sites for hydroxylation is 1. The molecule has 1 aliphatic heterocycles. The predicted molar refractivity (Wildman–Crippen MR) is 105 cm³/mol. The maximum atomic E-state index is 13.5. The van der Waals surface area contributed by atoms with Gasteiger partial charge in [0.05, 0.1) is 24.2 Å². The number of carbonyl (C=O) groups is 1. The van der Waals surface area contributed by atoms with Gasteiger partial charge in [0.2, 0.25) is 5.91 Å². The van der Waals surface area contributed by atoms with Crippen LogP contribution in [-0.2, 0) is 15.1 Å². The van der Waals surface area contributed by atoms with Crippen LogP contribution in [0.25, 0.3) is 0 Å². The van der Waals surface area contributed by atoms with Crippen LogP contribution in [0.4, 0.5) is 0 Å². The largest absolute Gasteiger partial charge is 0.379 e. The Morgan fingerprint density at radius 1 is 1.29 bits per heavy atom. The first-order valence-electron chi connectivity index (χ1n) is 11.0. The van der Waals surface area contributed by atoms with Gasteiger partial charge in [-0.25, -0.2) is 9.67 Å². The van der Waals surface area contributed by atoms with Gasteiger partial charge >= 0.3 is 0 Å². The van der Waals surface area contributed by atoms with Crippen LogP contribution in [0.1, 0.15) is 51.3 Å². The Morgan fingerprint density at radius 3 is 2.64 bits per heavy atom. The highest BCUT2D eigenvalue weighted by Gasteiger charge is 2.61. The number of hydrogen-bond acceptors (Lipinski definition) is 5. The van der Waals surface area contributed by atoms with E-state index in [0.29, 0.717) is 17.9 Å². The highest BCUT2D eigenvalue weighted by atomic mass is 16.5. The first-order valence-corrected chi connectivity index (χ1v) is 11.0. The predicted octanol–water partition coefficient (Wildman–Crippen LogP) is 1.72. The summed E-state index contributed by atoms with van der Waals surface area (Å²) in [7, 11) is 0. The summed E-state index contributed by atoms with van der Waals surface area (Å²) >= 11 is 0. The summed E-state index contributed by atoms with van der Waals surface area (Å²) in [6.07, 6.45) is 8.53. The topological polar surface area (TPSA) is 72.3 Å². The highest BCUT2D eigenvalue weighted by Crippen LogP contribution is 2.64. The van der Waals surface area contributed by atoms with Gasteiger partial charge < -0.3 is 10.1 Å². The summed E-state index contributed by atoms with van der Waals surface area (Å²) < 4.78 is 7.56. The van der Waals surface area contributed by atoms with Crippen molar-refractivity contribution in [3.63, 3.8) is 0 Å². The fourth-order valence-electron chi connectivity index (χ4n) is 6.90. The molecular weight excluding hydrogens is 354 g/mol. The van der Waals surface area contributed by atoms with Gasteiger partial charge in [0.25, 0.3) is 0 Å². The van der Waals surface area contributed by atoms with E-state index >= 15 is 0 Å². The molecule has 28 heavy (non-hydrogen) atoms. The van der Waals surface area contributed by atoms with E-state index in [1.807, 2.05) is 13.3 Å². The van der Waals surface area contributed by atoms with Gasteiger partial charge in [-0.3, -0.25) is 9.69 Å². The number of aromatic nitrogens is 3. The standard InChI is InChI=1S/C21H33N5O2/c1-15(25-3-5-28-6-4-25)12-22-19(27)20-8-17-7-18(9-20)11-21(10-17,13-20)26-14-23-16(2)24-26/h14-15,17-18H,3-13H2,1-2H3,(H,22,27). The van der Waals surface area contributed by atoms with Crippen molar-refractivity contribution in [1.29, 1.82) is 0 Å².